The molecule has 1 heterocycles. The van der Waals surface area contributed by atoms with Crippen molar-refractivity contribution in [3.8, 4) is 0 Å². The van der Waals surface area contributed by atoms with E-state index in [2.05, 4.69) is 24.5 Å². The van der Waals surface area contributed by atoms with E-state index in [1.165, 1.54) is 12.1 Å². The van der Waals surface area contributed by atoms with E-state index in [-0.39, 0.29) is 42.0 Å². The highest BCUT2D eigenvalue weighted by Gasteiger charge is 2.29. The number of hydrogen-bond acceptors (Lipinski definition) is 3. The van der Waals surface area contributed by atoms with Gasteiger partial charge in [-0.1, -0.05) is 26.0 Å². The second-order valence-electron chi connectivity index (χ2n) is 7.27. The van der Waals surface area contributed by atoms with Crippen LogP contribution in [0.3, 0.4) is 0 Å². The van der Waals surface area contributed by atoms with Crippen LogP contribution in [0.5, 0.6) is 0 Å². The summed E-state index contributed by atoms with van der Waals surface area (Å²) in [4.78, 5) is 26.5. The smallest absolute Gasteiger partial charge is 0.321 e. The number of nitrogens with two attached hydrogens (primary N) is 1. The Morgan fingerprint density at radius 2 is 2.04 bits per heavy atom. The third kappa shape index (κ3) is 6.99. The molecule has 27 heavy (non-hydrogen) atoms. The lowest BCUT2D eigenvalue weighted by Gasteiger charge is -2.33. The highest BCUT2D eigenvalue weighted by Crippen LogP contribution is 2.19. The van der Waals surface area contributed by atoms with Crippen LogP contribution >= 0.6 is 12.4 Å². The van der Waals surface area contributed by atoms with E-state index in [0.29, 0.717) is 25.6 Å². The molecular formula is C19H30ClFN4O2. The van der Waals surface area contributed by atoms with Crippen molar-refractivity contribution in [1.29, 1.82) is 0 Å². The van der Waals surface area contributed by atoms with Crippen molar-refractivity contribution >= 4 is 30.0 Å². The molecule has 1 fully saturated rings. The van der Waals surface area contributed by atoms with Crippen LogP contribution in [-0.2, 0) is 4.79 Å². The van der Waals surface area contributed by atoms with E-state index in [0.717, 1.165) is 19.3 Å². The summed E-state index contributed by atoms with van der Waals surface area (Å²) in [6, 6.07) is 5.60. The Bertz CT molecular complexity index is 629. The number of anilines is 1. The third-order valence-electron chi connectivity index (χ3n) is 4.58. The van der Waals surface area contributed by atoms with Crippen molar-refractivity contribution in [3.63, 3.8) is 0 Å². The summed E-state index contributed by atoms with van der Waals surface area (Å²) in [5.74, 6) is -0.370. The predicted molar refractivity (Wildman–Crippen MR) is 107 cm³/mol. The van der Waals surface area contributed by atoms with Gasteiger partial charge in [0.05, 0.1) is 11.6 Å². The summed E-state index contributed by atoms with van der Waals surface area (Å²) in [5.41, 5.74) is 5.89. The largest absolute Gasteiger partial charge is 0.352 e. The molecule has 2 unspecified atom stereocenters. The predicted octanol–water partition coefficient (Wildman–Crippen LogP) is 2.98. The first-order valence-electron chi connectivity index (χ1n) is 9.21. The molecule has 0 radical (unpaired) electrons. The lowest BCUT2D eigenvalue weighted by Crippen LogP contribution is -2.50. The van der Waals surface area contributed by atoms with Gasteiger partial charge in [0.15, 0.2) is 0 Å². The van der Waals surface area contributed by atoms with Crippen molar-refractivity contribution in [2.24, 2.45) is 17.6 Å². The number of carbonyl (C=O) groups excluding carboxylic acids is 2. The number of likely N-dealkylation sites (tertiary alicyclic amines) is 1. The standard InChI is InChI=1S/C19H29FN4O2.ClH/c1-13(2)10-15(11-21)22-18(25)14-6-5-9-24(12-14)19(26)23-17-8-4-3-7-16(17)20;/h3-4,7-8,13-15H,5-6,9-12,21H2,1-2H3,(H,22,25)(H,23,26);1H. The minimum Gasteiger partial charge on any atom is -0.352 e. The Morgan fingerprint density at radius 1 is 1.33 bits per heavy atom. The SMILES string of the molecule is CC(C)CC(CN)NC(=O)C1CCCN(C(=O)Nc2ccccc2F)C1.Cl. The average Bonchev–Trinajstić information content (AvgIpc) is 2.62. The number of rotatable bonds is 6. The molecule has 1 aromatic carbocycles. The van der Waals surface area contributed by atoms with Crippen LogP contribution in [0.25, 0.3) is 0 Å². The number of carbonyl (C=O) groups is 2. The maximum Gasteiger partial charge on any atom is 0.321 e. The zero-order chi connectivity index (χ0) is 19.1. The second kappa shape index (κ2) is 11.1. The number of nitrogens with one attached hydrogen (secondary N) is 2. The van der Waals surface area contributed by atoms with Gasteiger partial charge in [0.1, 0.15) is 5.82 Å². The molecule has 1 aromatic rings. The first kappa shape index (κ1) is 23.2. The van der Waals surface area contributed by atoms with Crippen LogP contribution in [0.4, 0.5) is 14.9 Å². The van der Waals surface area contributed by atoms with Gasteiger partial charge in [-0.25, -0.2) is 9.18 Å². The van der Waals surface area contributed by atoms with Gasteiger partial charge in [-0.2, -0.15) is 0 Å². The van der Waals surface area contributed by atoms with Gasteiger partial charge in [0.25, 0.3) is 0 Å². The number of piperidine rings is 1. The first-order valence-corrected chi connectivity index (χ1v) is 9.21. The second-order valence-corrected chi connectivity index (χ2v) is 7.27. The van der Waals surface area contributed by atoms with E-state index in [4.69, 9.17) is 5.73 Å². The highest BCUT2D eigenvalue weighted by atomic mass is 35.5. The van der Waals surface area contributed by atoms with Crippen LogP contribution in [0.2, 0.25) is 0 Å². The average molecular weight is 401 g/mol. The van der Waals surface area contributed by atoms with E-state index in [1.54, 1.807) is 17.0 Å². The molecular weight excluding hydrogens is 371 g/mol. The number of amides is 3. The van der Waals surface area contributed by atoms with Crippen molar-refractivity contribution < 1.29 is 14.0 Å². The number of benzene rings is 1. The molecule has 4 N–H and O–H groups in total. The Labute approximate surface area is 166 Å². The molecule has 1 saturated heterocycles. The third-order valence-corrected chi connectivity index (χ3v) is 4.58. The molecule has 1 aliphatic heterocycles. The zero-order valence-electron chi connectivity index (χ0n) is 15.9. The topological polar surface area (TPSA) is 87.5 Å². The summed E-state index contributed by atoms with van der Waals surface area (Å²) in [6.45, 7) is 5.45. The molecule has 2 atom stereocenters. The van der Waals surface area contributed by atoms with Gasteiger partial charge in [0.2, 0.25) is 5.91 Å². The van der Waals surface area contributed by atoms with Crippen LogP contribution in [-0.4, -0.2) is 42.5 Å². The lowest BCUT2D eigenvalue weighted by atomic mass is 9.96. The number of urea groups is 1. The van der Waals surface area contributed by atoms with E-state index >= 15 is 0 Å². The Kier molecular flexibility index (Phi) is 9.52. The van der Waals surface area contributed by atoms with Crippen molar-refractivity contribution in [3.05, 3.63) is 30.1 Å². The number of hydrogen-bond donors (Lipinski definition) is 3. The van der Waals surface area contributed by atoms with Gasteiger partial charge in [-0.3, -0.25) is 4.79 Å². The van der Waals surface area contributed by atoms with Gasteiger partial charge in [0, 0.05) is 25.7 Å². The number of para-hydroxylation sites is 1. The summed E-state index contributed by atoms with van der Waals surface area (Å²) in [5, 5.41) is 5.58. The van der Waals surface area contributed by atoms with Gasteiger partial charge >= 0.3 is 6.03 Å². The summed E-state index contributed by atoms with van der Waals surface area (Å²) in [6.07, 6.45) is 2.29. The zero-order valence-corrected chi connectivity index (χ0v) is 16.7. The monoisotopic (exact) mass is 400 g/mol. The minimum absolute atomic E-state index is 0. The maximum absolute atomic E-state index is 13.7. The molecule has 152 valence electrons. The molecule has 8 heteroatoms. The fourth-order valence-corrected chi connectivity index (χ4v) is 3.23. The molecule has 2 rings (SSSR count). The molecule has 0 bridgehead atoms. The lowest BCUT2D eigenvalue weighted by molar-refractivity contribution is -0.127. The molecule has 0 saturated carbocycles. The first-order chi connectivity index (χ1) is 12.4. The van der Waals surface area contributed by atoms with Crippen molar-refractivity contribution in [1.82, 2.24) is 10.2 Å². The fraction of sp³-hybridized carbons (Fsp3) is 0.579. The molecule has 0 aliphatic carbocycles. The summed E-state index contributed by atoms with van der Waals surface area (Å²) >= 11 is 0. The van der Waals surface area contributed by atoms with E-state index in [1.807, 2.05) is 0 Å². The van der Waals surface area contributed by atoms with Gasteiger partial charge in [-0.05, 0) is 37.3 Å². The quantitative estimate of drug-likeness (QED) is 0.686. The van der Waals surface area contributed by atoms with Gasteiger partial charge in [-0.15, -0.1) is 12.4 Å². The molecule has 3 amide bonds. The van der Waals surface area contributed by atoms with E-state index < -0.39 is 5.82 Å². The number of halogens is 2. The van der Waals surface area contributed by atoms with Crippen LogP contribution in [0.15, 0.2) is 24.3 Å². The van der Waals surface area contributed by atoms with E-state index in [9.17, 15) is 14.0 Å². The summed E-state index contributed by atoms with van der Waals surface area (Å²) in [7, 11) is 0. The van der Waals surface area contributed by atoms with Crippen LogP contribution < -0.4 is 16.4 Å². The highest BCUT2D eigenvalue weighted by molar-refractivity contribution is 5.90. The molecule has 6 nitrogen and oxygen atoms in total. The normalized spacial score (nSPS) is 17.8. The van der Waals surface area contributed by atoms with Crippen LogP contribution in [0, 0.1) is 17.7 Å². The van der Waals surface area contributed by atoms with Crippen molar-refractivity contribution in [2.75, 3.05) is 25.0 Å². The fourth-order valence-electron chi connectivity index (χ4n) is 3.23. The molecule has 0 aromatic heterocycles. The molecule has 1 aliphatic rings. The molecule has 0 spiro atoms. The van der Waals surface area contributed by atoms with Gasteiger partial charge < -0.3 is 21.3 Å². The maximum atomic E-state index is 13.7. The Balaban J connectivity index is 0.00000364. The minimum atomic E-state index is -0.480. The Morgan fingerprint density at radius 3 is 2.67 bits per heavy atom. The number of nitrogens with zero attached hydrogens (tertiary/aromatic N) is 1. The summed E-state index contributed by atoms with van der Waals surface area (Å²) < 4.78 is 13.7. The van der Waals surface area contributed by atoms with Crippen molar-refractivity contribution in [2.45, 2.75) is 39.2 Å². The van der Waals surface area contributed by atoms with Crippen LogP contribution in [0.1, 0.15) is 33.1 Å². The Hall–Kier alpha value is -1.86.